The summed E-state index contributed by atoms with van der Waals surface area (Å²) in [7, 11) is 0. The number of aromatic nitrogens is 2. The molecule has 2 fully saturated rings. The van der Waals surface area contributed by atoms with Gasteiger partial charge in [0.15, 0.2) is 0 Å². The molecule has 3 heterocycles. The molecule has 0 spiro atoms. The number of aryl methyl sites for hydroxylation is 2. The third kappa shape index (κ3) is 3.11. The number of nitrogens with zero attached hydrogens (tertiary/aromatic N) is 4. The number of hydrogen-bond acceptors (Lipinski definition) is 3. The molecular formula is C20H24N4O2. The Morgan fingerprint density at radius 1 is 1.15 bits per heavy atom. The first kappa shape index (κ1) is 16.8. The smallest absolute Gasteiger partial charge is 0.242 e. The van der Waals surface area contributed by atoms with Crippen LogP contribution >= 0.6 is 0 Å². The monoisotopic (exact) mass is 352 g/mol. The highest BCUT2D eigenvalue weighted by molar-refractivity contribution is 5.87. The van der Waals surface area contributed by atoms with Gasteiger partial charge in [0.2, 0.25) is 11.8 Å². The fraction of sp³-hybridized carbons (Fsp3) is 0.450. The quantitative estimate of drug-likeness (QED) is 0.844. The molecule has 4 rings (SSSR count). The van der Waals surface area contributed by atoms with Crippen molar-refractivity contribution < 1.29 is 9.59 Å². The summed E-state index contributed by atoms with van der Waals surface area (Å²) in [4.78, 5) is 28.4. The molecule has 0 saturated carbocycles. The van der Waals surface area contributed by atoms with Crippen molar-refractivity contribution in [1.82, 2.24) is 19.6 Å². The first-order valence-electron chi connectivity index (χ1n) is 9.14. The van der Waals surface area contributed by atoms with Crippen LogP contribution in [0.5, 0.6) is 0 Å². The van der Waals surface area contributed by atoms with Gasteiger partial charge in [-0.15, -0.1) is 0 Å². The van der Waals surface area contributed by atoms with Gasteiger partial charge in [0.25, 0.3) is 0 Å². The van der Waals surface area contributed by atoms with E-state index in [0.717, 1.165) is 11.4 Å². The second-order valence-electron chi connectivity index (χ2n) is 7.41. The van der Waals surface area contributed by atoms with Gasteiger partial charge in [0.05, 0.1) is 18.3 Å². The first-order valence-corrected chi connectivity index (χ1v) is 9.14. The van der Waals surface area contributed by atoms with Gasteiger partial charge in [-0.05, 0) is 25.5 Å². The molecule has 1 aromatic carbocycles. The van der Waals surface area contributed by atoms with Crippen LogP contribution in [0.3, 0.4) is 0 Å². The molecule has 2 aromatic rings. The lowest BCUT2D eigenvalue weighted by atomic mass is 9.99. The zero-order valence-electron chi connectivity index (χ0n) is 15.3. The molecule has 136 valence electrons. The summed E-state index contributed by atoms with van der Waals surface area (Å²) in [6, 6.07) is 12.4. The van der Waals surface area contributed by atoms with Gasteiger partial charge in [0, 0.05) is 37.7 Å². The van der Waals surface area contributed by atoms with Crippen LogP contribution < -0.4 is 0 Å². The summed E-state index contributed by atoms with van der Waals surface area (Å²) in [6.07, 6.45) is 0.492. The standard InChI is InChI=1S/C20H24N4O2/c1-14-8-15(2)24(21-14)18-11-23(12-18)20(26)13-22-10-17(9-19(22)25)16-6-4-3-5-7-16/h3-8,17-18H,9-13H2,1-2H3/t17-/m1/s1. The molecule has 2 aliphatic rings. The topological polar surface area (TPSA) is 58.4 Å². The average molecular weight is 352 g/mol. The number of hydrogen-bond donors (Lipinski definition) is 0. The summed E-state index contributed by atoms with van der Waals surface area (Å²) in [5.74, 6) is 0.294. The van der Waals surface area contributed by atoms with Crippen LogP contribution in [0.1, 0.15) is 35.3 Å². The lowest BCUT2D eigenvalue weighted by Crippen LogP contribution is -2.54. The van der Waals surface area contributed by atoms with Crippen molar-refractivity contribution in [2.45, 2.75) is 32.2 Å². The van der Waals surface area contributed by atoms with E-state index in [9.17, 15) is 9.59 Å². The number of carbonyl (C=O) groups is 2. The minimum absolute atomic E-state index is 0.0323. The molecule has 2 saturated heterocycles. The lowest BCUT2D eigenvalue weighted by Gasteiger charge is -2.40. The molecular weight excluding hydrogens is 328 g/mol. The molecule has 2 aliphatic heterocycles. The maximum Gasteiger partial charge on any atom is 0.242 e. The van der Waals surface area contributed by atoms with Gasteiger partial charge >= 0.3 is 0 Å². The predicted molar refractivity (Wildman–Crippen MR) is 97.7 cm³/mol. The van der Waals surface area contributed by atoms with Crippen LogP contribution in [0.4, 0.5) is 0 Å². The van der Waals surface area contributed by atoms with Crippen molar-refractivity contribution >= 4 is 11.8 Å². The Hall–Kier alpha value is -2.63. The lowest BCUT2D eigenvalue weighted by molar-refractivity contribution is -0.142. The van der Waals surface area contributed by atoms with Gasteiger partial charge < -0.3 is 9.80 Å². The van der Waals surface area contributed by atoms with E-state index in [-0.39, 0.29) is 30.3 Å². The van der Waals surface area contributed by atoms with E-state index in [0.29, 0.717) is 26.1 Å². The normalized spacial score (nSPS) is 20.5. The Kier molecular flexibility index (Phi) is 4.26. The molecule has 0 bridgehead atoms. The molecule has 0 N–H and O–H groups in total. The highest BCUT2D eigenvalue weighted by atomic mass is 16.2. The number of carbonyl (C=O) groups excluding carboxylic acids is 2. The Bertz CT molecular complexity index is 824. The van der Waals surface area contributed by atoms with E-state index in [1.807, 2.05) is 41.6 Å². The molecule has 0 radical (unpaired) electrons. The second-order valence-corrected chi connectivity index (χ2v) is 7.41. The van der Waals surface area contributed by atoms with Crippen LogP contribution in [0, 0.1) is 13.8 Å². The molecule has 6 nitrogen and oxygen atoms in total. The third-order valence-corrected chi connectivity index (χ3v) is 5.42. The van der Waals surface area contributed by atoms with Crippen LogP contribution in [0.2, 0.25) is 0 Å². The molecule has 26 heavy (non-hydrogen) atoms. The fourth-order valence-electron chi connectivity index (χ4n) is 3.97. The summed E-state index contributed by atoms with van der Waals surface area (Å²) in [5.41, 5.74) is 3.30. The number of amides is 2. The van der Waals surface area contributed by atoms with E-state index in [4.69, 9.17) is 0 Å². The van der Waals surface area contributed by atoms with Crippen LogP contribution in [-0.4, -0.2) is 57.6 Å². The van der Waals surface area contributed by atoms with Gasteiger partial charge in [-0.25, -0.2) is 0 Å². The average Bonchev–Trinajstić information content (AvgIpc) is 3.09. The molecule has 0 aliphatic carbocycles. The fourth-order valence-corrected chi connectivity index (χ4v) is 3.97. The summed E-state index contributed by atoms with van der Waals surface area (Å²) in [5, 5.41) is 4.50. The Labute approximate surface area is 153 Å². The highest BCUT2D eigenvalue weighted by Crippen LogP contribution is 2.29. The summed E-state index contributed by atoms with van der Waals surface area (Å²) >= 11 is 0. The molecule has 6 heteroatoms. The van der Waals surface area contributed by atoms with E-state index >= 15 is 0 Å². The maximum atomic E-state index is 12.5. The van der Waals surface area contributed by atoms with E-state index in [1.165, 1.54) is 5.56 Å². The Balaban J connectivity index is 1.32. The first-order chi connectivity index (χ1) is 12.5. The summed E-state index contributed by atoms with van der Waals surface area (Å²) in [6.45, 7) is 6.18. The van der Waals surface area contributed by atoms with E-state index in [1.54, 1.807) is 4.90 Å². The minimum atomic E-state index is 0.0323. The predicted octanol–water partition coefficient (Wildman–Crippen LogP) is 1.90. The molecule has 0 unspecified atom stereocenters. The molecule has 2 amide bonds. The largest absolute Gasteiger partial charge is 0.337 e. The van der Waals surface area contributed by atoms with Gasteiger partial charge in [-0.1, -0.05) is 30.3 Å². The van der Waals surface area contributed by atoms with Crippen molar-refractivity contribution in [1.29, 1.82) is 0 Å². The van der Waals surface area contributed by atoms with Crippen molar-refractivity contribution in [3.05, 3.63) is 53.3 Å². The number of benzene rings is 1. The van der Waals surface area contributed by atoms with Crippen molar-refractivity contribution in [3.63, 3.8) is 0 Å². The highest BCUT2D eigenvalue weighted by Gasteiger charge is 2.37. The third-order valence-electron chi connectivity index (χ3n) is 5.42. The Morgan fingerprint density at radius 2 is 1.88 bits per heavy atom. The van der Waals surface area contributed by atoms with E-state index < -0.39 is 0 Å². The van der Waals surface area contributed by atoms with Crippen molar-refractivity contribution in [2.75, 3.05) is 26.2 Å². The van der Waals surface area contributed by atoms with E-state index in [2.05, 4.69) is 23.3 Å². The van der Waals surface area contributed by atoms with Crippen LogP contribution in [-0.2, 0) is 9.59 Å². The SMILES string of the molecule is Cc1cc(C)n(C2CN(C(=O)CN3C[C@H](c4ccccc4)CC3=O)C2)n1. The number of likely N-dealkylation sites (tertiary alicyclic amines) is 2. The zero-order chi connectivity index (χ0) is 18.3. The molecule has 1 aromatic heterocycles. The van der Waals surface area contributed by atoms with Crippen molar-refractivity contribution in [3.8, 4) is 0 Å². The summed E-state index contributed by atoms with van der Waals surface area (Å²) < 4.78 is 2.01. The van der Waals surface area contributed by atoms with Crippen molar-refractivity contribution in [2.24, 2.45) is 0 Å². The number of rotatable bonds is 4. The van der Waals surface area contributed by atoms with Gasteiger partial charge in [-0.2, -0.15) is 5.10 Å². The molecule has 1 atom stereocenters. The van der Waals surface area contributed by atoms with Crippen LogP contribution in [0.25, 0.3) is 0 Å². The van der Waals surface area contributed by atoms with Gasteiger partial charge in [0.1, 0.15) is 0 Å². The van der Waals surface area contributed by atoms with Gasteiger partial charge in [-0.3, -0.25) is 14.3 Å². The second kappa shape index (κ2) is 6.59. The Morgan fingerprint density at radius 3 is 2.54 bits per heavy atom. The maximum absolute atomic E-state index is 12.5. The zero-order valence-corrected chi connectivity index (χ0v) is 15.3. The minimum Gasteiger partial charge on any atom is -0.337 e. The van der Waals surface area contributed by atoms with Crippen LogP contribution in [0.15, 0.2) is 36.4 Å².